The highest BCUT2D eigenvalue weighted by Crippen LogP contribution is 2.19. The Morgan fingerprint density at radius 3 is 2.09 bits per heavy atom. The minimum atomic E-state index is -3.94. The summed E-state index contributed by atoms with van der Waals surface area (Å²) in [7, 11) is -3.94. The molecule has 1 atom stereocenters. The lowest BCUT2D eigenvalue weighted by Gasteiger charge is -2.14. The summed E-state index contributed by atoms with van der Waals surface area (Å²) in [5.74, 6) is -1.52. The van der Waals surface area contributed by atoms with E-state index in [1.54, 1.807) is 48.5 Å². The molecule has 0 bridgehead atoms. The van der Waals surface area contributed by atoms with E-state index >= 15 is 0 Å². The number of carbonyl (C=O) groups is 3. The highest BCUT2D eigenvalue weighted by atomic mass is 32.2. The van der Waals surface area contributed by atoms with Crippen LogP contribution in [0.2, 0.25) is 0 Å². The first kappa shape index (κ1) is 24.7. The molecule has 0 aliphatic rings. The summed E-state index contributed by atoms with van der Waals surface area (Å²) in [6.07, 6.45) is -1.15. The van der Waals surface area contributed by atoms with Gasteiger partial charge in [-0.2, -0.15) is 0 Å². The fourth-order valence-electron chi connectivity index (χ4n) is 2.94. The van der Waals surface area contributed by atoms with Gasteiger partial charge in [0.25, 0.3) is 15.9 Å². The van der Waals surface area contributed by atoms with Crippen molar-refractivity contribution in [3.8, 4) is 0 Å². The van der Waals surface area contributed by atoms with Gasteiger partial charge in [-0.3, -0.25) is 14.3 Å². The van der Waals surface area contributed by atoms with E-state index in [2.05, 4.69) is 10.0 Å². The molecule has 0 aliphatic heterocycles. The Balaban J connectivity index is 1.66. The van der Waals surface area contributed by atoms with Crippen LogP contribution in [-0.4, -0.2) is 32.2 Å². The second-order valence-corrected chi connectivity index (χ2v) is 9.35. The molecule has 0 aliphatic carbocycles. The van der Waals surface area contributed by atoms with Crippen molar-refractivity contribution >= 4 is 39.1 Å². The minimum Gasteiger partial charge on any atom is -0.449 e. The average molecular weight is 481 g/mol. The van der Waals surface area contributed by atoms with Gasteiger partial charge in [0, 0.05) is 16.9 Å². The maximum Gasteiger partial charge on any atom is 0.338 e. The molecule has 9 heteroatoms. The molecular formula is C25H24N2O6S. The van der Waals surface area contributed by atoms with Gasteiger partial charge in [-0.1, -0.05) is 23.8 Å². The zero-order chi connectivity index (χ0) is 24.9. The quantitative estimate of drug-likeness (QED) is 0.369. The second kappa shape index (κ2) is 10.3. The number of ether oxygens (including phenoxy) is 1. The Morgan fingerprint density at radius 2 is 1.47 bits per heavy atom. The summed E-state index contributed by atoms with van der Waals surface area (Å²) < 4.78 is 33.1. The first-order valence-corrected chi connectivity index (χ1v) is 11.9. The van der Waals surface area contributed by atoms with Gasteiger partial charge in [0.2, 0.25) is 0 Å². The number of hydrogen-bond acceptors (Lipinski definition) is 6. The fourth-order valence-corrected chi connectivity index (χ4v) is 4.04. The summed E-state index contributed by atoms with van der Waals surface area (Å²) >= 11 is 0. The molecule has 8 nitrogen and oxygen atoms in total. The second-order valence-electron chi connectivity index (χ2n) is 7.67. The maximum absolute atomic E-state index is 12.7. The summed E-state index contributed by atoms with van der Waals surface area (Å²) in [6.45, 7) is 4.73. The monoisotopic (exact) mass is 480 g/mol. The number of nitrogens with one attached hydrogen (secondary N) is 2. The molecule has 1 unspecified atom stereocenters. The molecule has 3 aromatic carbocycles. The van der Waals surface area contributed by atoms with Crippen molar-refractivity contribution in [1.82, 2.24) is 0 Å². The molecule has 2 N–H and O–H groups in total. The topological polar surface area (TPSA) is 119 Å². The van der Waals surface area contributed by atoms with Crippen molar-refractivity contribution in [2.45, 2.75) is 31.8 Å². The van der Waals surface area contributed by atoms with E-state index in [0.29, 0.717) is 16.9 Å². The SMILES string of the molecule is CC(=O)c1ccc(NC(=O)C(C)OC(=O)c2cccc(S(=O)(=O)Nc3ccc(C)cc3)c2)cc1. The number of amides is 1. The molecule has 0 spiro atoms. The lowest BCUT2D eigenvalue weighted by atomic mass is 10.1. The van der Waals surface area contributed by atoms with Crippen LogP contribution in [0.3, 0.4) is 0 Å². The number of anilines is 2. The summed E-state index contributed by atoms with van der Waals surface area (Å²) in [4.78, 5) is 36.2. The number of esters is 1. The van der Waals surface area contributed by atoms with Crippen LogP contribution in [0, 0.1) is 6.92 Å². The van der Waals surface area contributed by atoms with Gasteiger partial charge in [0.1, 0.15) is 0 Å². The summed E-state index contributed by atoms with van der Waals surface area (Å²) in [5.41, 5.74) is 2.30. The Morgan fingerprint density at radius 1 is 0.853 bits per heavy atom. The molecular weight excluding hydrogens is 456 g/mol. The van der Waals surface area contributed by atoms with Crippen LogP contribution in [0.1, 0.15) is 40.1 Å². The Bertz CT molecular complexity index is 1320. The van der Waals surface area contributed by atoms with E-state index in [-0.39, 0.29) is 16.2 Å². The normalized spacial score (nSPS) is 11.9. The van der Waals surface area contributed by atoms with Gasteiger partial charge in [-0.15, -0.1) is 0 Å². The fraction of sp³-hybridized carbons (Fsp3) is 0.160. The molecule has 0 heterocycles. The van der Waals surface area contributed by atoms with Crippen molar-refractivity contribution in [3.05, 3.63) is 89.5 Å². The van der Waals surface area contributed by atoms with Crippen molar-refractivity contribution in [1.29, 1.82) is 0 Å². The average Bonchev–Trinajstić information content (AvgIpc) is 2.80. The minimum absolute atomic E-state index is 0.0164. The van der Waals surface area contributed by atoms with E-state index in [1.165, 1.54) is 38.1 Å². The number of carbonyl (C=O) groups excluding carboxylic acids is 3. The first-order valence-electron chi connectivity index (χ1n) is 10.4. The van der Waals surface area contributed by atoms with Crippen LogP contribution in [-0.2, 0) is 19.6 Å². The number of sulfonamides is 1. The van der Waals surface area contributed by atoms with Gasteiger partial charge in [0.15, 0.2) is 11.9 Å². The lowest BCUT2D eigenvalue weighted by Crippen LogP contribution is -2.30. The molecule has 0 aromatic heterocycles. The van der Waals surface area contributed by atoms with E-state index in [1.807, 2.05) is 6.92 Å². The molecule has 0 saturated carbocycles. The van der Waals surface area contributed by atoms with Crippen molar-refractivity contribution in [2.24, 2.45) is 0 Å². The third-order valence-electron chi connectivity index (χ3n) is 4.90. The van der Waals surface area contributed by atoms with E-state index < -0.39 is 28.0 Å². The van der Waals surface area contributed by atoms with E-state index in [4.69, 9.17) is 4.74 Å². The molecule has 176 valence electrons. The van der Waals surface area contributed by atoms with Crippen LogP contribution < -0.4 is 10.0 Å². The van der Waals surface area contributed by atoms with E-state index in [0.717, 1.165) is 5.56 Å². The summed E-state index contributed by atoms with van der Waals surface area (Å²) in [6, 6.07) is 18.5. The Hall–Kier alpha value is -3.98. The van der Waals surface area contributed by atoms with Crippen molar-refractivity contribution in [2.75, 3.05) is 10.0 Å². The van der Waals surface area contributed by atoms with Gasteiger partial charge >= 0.3 is 5.97 Å². The zero-order valence-electron chi connectivity index (χ0n) is 18.9. The number of rotatable bonds is 8. The number of hydrogen-bond donors (Lipinski definition) is 2. The van der Waals surface area contributed by atoms with Crippen molar-refractivity contribution < 1.29 is 27.5 Å². The smallest absolute Gasteiger partial charge is 0.338 e. The largest absolute Gasteiger partial charge is 0.449 e. The molecule has 3 rings (SSSR count). The first-order chi connectivity index (χ1) is 16.0. The highest BCUT2D eigenvalue weighted by Gasteiger charge is 2.21. The third kappa shape index (κ3) is 6.29. The molecule has 0 radical (unpaired) electrons. The molecule has 34 heavy (non-hydrogen) atoms. The van der Waals surface area contributed by atoms with Gasteiger partial charge in [-0.25, -0.2) is 13.2 Å². The standard InChI is InChI=1S/C25H24N2O6S/c1-16-7-11-22(12-8-16)27-34(31,32)23-6-4-5-20(15-23)25(30)33-18(3)24(29)26-21-13-9-19(10-14-21)17(2)28/h4-15,18,27H,1-3H3,(H,26,29). The lowest BCUT2D eigenvalue weighted by molar-refractivity contribution is -0.123. The van der Waals surface area contributed by atoms with Crippen LogP contribution in [0.15, 0.2) is 77.7 Å². The molecule has 3 aromatic rings. The molecule has 0 saturated heterocycles. The Labute approximate surface area is 198 Å². The molecule has 1 amide bonds. The number of ketones is 1. The van der Waals surface area contributed by atoms with Crippen LogP contribution in [0.25, 0.3) is 0 Å². The summed E-state index contributed by atoms with van der Waals surface area (Å²) in [5, 5.41) is 2.60. The van der Waals surface area contributed by atoms with Crippen LogP contribution in [0.4, 0.5) is 11.4 Å². The van der Waals surface area contributed by atoms with Crippen LogP contribution >= 0.6 is 0 Å². The van der Waals surface area contributed by atoms with Crippen molar-refractivity contribution in [3.63, 3.8) is 0 Å². The number of benzene rings is 3. The van der Waals surface area contributed by atoms with Crippen LogP contribution in [0.5, 0.6) is 0 Å². The van der Waals surface area contributed by atoms with E-state index in [9.17, 15) is 22.8 Å². The van der Waals surface area contributed by atoms with Gasteiger partial charge in [-0.05, 0) is 75.4 Å². The van der Waals surface area contributed by atoms with Gasteiger partial charge in [0.05, 0.1) is 10.5 Å². The zero-order valence-corrected chi connectivity index (χ0v) is 19.7. The predicted octanol–water partition coefficient (Wildman–Crippen LogP) is 4.18. The molecule has 0 fully saturated rings. The third-order valence-corrected chi connectivity index (χ3v) is 6.27. The highest BCUT2D eigenvalue weighted by molar-refractivity contribution is 7.92. The predicted molar refractivity (Wildman–Crippen MR) is 128 cm³/mol. The maximum atomic E-state index is 12.7. The number of aryl methyl sites for hydroxylation is 1. The number of Topliss-reactive ketones (excluding diaryl/α,β-unsaturated/α-hetero) is 1. The Kier molecular flexibility index (Phi) is 7.47. The van der Waals surface area contributed by atoms with Gasteiger partial charge < -0.3 is 10.1 Å².